The van der Waals surface area contributed by atoms with Crippen LogP contribution in [0.2, 0.25) is 0 Å². The molecule has 8 heteroatoms. The van der Waals surface area contributed by atoms with Crippen LogP contribution in [0.15, 0.2) is 11.6 Å². The molecule has 7 nitrogen and oxygen atoms in total. The largest absolute Gasteiger partial charge is 0.348 e. The third-order valence-electron chi connectivity index (χ3n) is 3.97. The van der Waals surface area contributed by atoms with Gasteiger partial charge in [0.25, 0.3) is 0 Å². The predicted octanol–water partition coefficient (Wildman–Crippen LogP) is 1.99. The first-order chi connectivity index (χ1) is 11.2. The molecule has 1 amide bonds. The van der Waals surface area contributed by atoms with Crippen molar-refractivity contribution in [3.8, 4) is 0 Å². The lowest BCUT2D eigenvalue weighted by molar-refractivity contribution is -0.175. The standard InChI is InChI=1S/C16H24N2O5S/c1-9(19)18-11(14-17-6-7-24-14)13-12(22-16(4,5)23-13)10-8-20-15(2,3)21-10/h6-7,10-13H,8H2,1-5H3,(H,18,19)/t10-,11+,12-,13-/m1/s1. The molecule has 0 unspecified atom stereocenters. The SMILES string of the molecule is CC(=O)N[C@H](c1nccs1)[C@H]1OC(C)(C)O[C@@H]1[C@H]1COC(C)(C)O1. The Morgan fingerprint density at radius 3 is 2.58 bits per heavy atom. The van der Waals surface area contributed by atoms with Crippen molar-refractivity contribution in [2.45, 2.75) is 70.5 Å². The highest BCUT2D eigenvalue weighted by atomic mass is 32.1. The quantitative estimate of drug-likeness (QED) is 0.889. The van der Waals surface area contributed by atoms with Crippen LogP contribution in [0.4, 0.5) is 0 Å². The molecular formula is C16H24N2O5S. The number of thiazole rings is 1. The van der Waals surface area contributed by atoms with Gasteiger partial charge in [0.2, 0.25) is 5.91 Å². The number of aromatic nitrogens is 1. The second-order valence-electron chi connectivity index (χ2n) is 6.98. The van der Waals surface area contributed by atoms with E-state index in [0.717, 1.165) is 5.01 Å². The summed E-state index contributed by atoms with van der Waals surface area (Å²) in [5, 5.41) is 5.59. The lowest BCUT2D eigenvalue weighted by atomic mass is 10.0. The number of hydrogen-bond donors (Lipinski definition) is 1. The van der Waals surface area contributed by atoms with E-state index >= 15 is 0 Å². The van der Waals surface area contributed by atoms with Crippen LogP contribution < -0.4 is 5.32 Å². The summed E-state index contributed by atoms with van der Waals surface area (Å²) < 4.78 is 23.9. The molecule has 2 aliphatic heterocycles. The number of amides is 1. The first kappa shape index (κ1) is 17.8. The number of ether oxygens (including phenoxy) is 4. The summed E-state index contributed by atoms with van der Waals surface area (Å²) in [5.74, 6) is -1.58. The topological polar surface area (TPSA) is 78.9 Å². The lowest BCUT2D eigenvalue weighted by Gasteiger charge is -2.28. The fourth-order valence-electron chi connectivity index (χ4n) is 3.13. The zero-order valence-corrected chi connectivity index (χ0v) is 15.4. The van der Waals surface area contributed by atoms with Crippen LogP contribution in [-0.4, -0.2) is 47.4 Å². The van der Waals surface area contributed by atoms with Crippen LogP contribution in [0.1, 0.15) is 45.7 Å². The highest BCUT2D eigenvalue weighted by molar-refractivity contribution is 7.09. The Labute approximate surface area is 145 Å². The summed E-state index contributed by atoms with van der Waals surface area (Å²) in [5.41, 5.74) is 0. The van der Waals surface area contributed by atoms with Crippen LogP contribution in [0.25, 0.3) is 0 Å². The summed E-state index contributed by atoms with van der Waals surface area (Å²) in [7, 11) is 0. The van der Waals surface area contributed by atoms with E-state index in [2.05, 4.69) is 10.3 Å². The third-order valence-corrected chi connectivity index (χ3v) is 4.82. The minimum atomic E-state index is -0.778. The molecule has 0 saturated carbocycles. The van der Waals surface area contributed by atoms with Gasteiger partial charge in [-0.25, -0.2) is 4.98 Å². The van der Waals surface area contributed by atoms with Crippen LogP contribution in [0.5, 0.6) is 0 Å². The average Bonchev–Trinajstić information content (AvgIpc) is 3.14. The molecule has 0 aromatic carbocycles. The molecule has 0 aliphatic carbocycles. The average molecular weight is 356 g/mol. The van der Waals surface area contributed by atoms with Gasteiger partial charge in [0, 0.05) is 18.5 Å². The van der Waals surface area contributed by atoms with Gasteiger partial charge >= 0.3 is 0 Å². The molecule has 0 radical (unpaired) electrons. The van der Waals surface area contributed by atoms with E-state index < -0.39 is 23.7 Å². The highest BCUT2D eigenvalue weighted by Crippen LogP contribution is 2.40. The van der Waals surface area contributed by atoms with Gasteiger partial charge < -0.3 is 24.3 Å². The number of carbonyl (C=O) groups is 1. The first-order valence-electron chi connectivity index (χ1n) is 8.01. The fraction of sp³-hybridized carbons (Fsp3) is 0.750. The Hall–Kier alpha value is -1.06. The predicted molar refractivity (Wildman–Crippen MR) is 87.4 cm³/mol. The monoisotopic (exact) mass is 356 g/mol. The van der Waals surface area contributed by atoms with Gasteiger partial charge in [0.05, 0.1) is 6.61 Å². The van der Waals surface area contributed by atoms with Gasteiger partial charge in [-0.15, -0.1) is 11.3 Å². The summed E-state index contributed by atoms with van der Waals surface area (Å²) in [4.78, 5) is 16.1. The Balaban J connectivity index is 1.88. The first-order valence-corrected chi connectivity index (χ1v) is 8.89. The van der Waals surface area contributed by atoms with Crippen molar-refractivity contribution in [1.82, 2.24) is 10.3 Å². The number of carbonyl (C=O) groups excluding carboxylic acids is 1. The fourth-order valence-corrected chi connectivity index (χ4v) is 3.85. The summed E-state index contributed by atoms with van der Waals surface area (Å²) in [6.45, 7) is 9.35. The maximum absolute atomic E-state index is 11.7. The second-order valence-corrected chi connectivity index (χ2v) is 7.91. The molecule has 2 aliphatic rings. The molecule has 2 fully saturated rings. The molecule has 2 saturated heterocycles. The minimum absolute atomic E-state index is 0.147. The van der Waals surface area contributed by atoms with E-state index in [0.29, 0.717) is 6.61 Å². The number of nitrogens with one attached hydrogen (secondary N) is 1. The van der Waals surface area contributed by atoms with Crippen LogP contribution in [-0.2, 0) is 23.7 Å². The normalized spacial score (nSPS) is 32.6. The van der Waals surface area contributed by atoms with Crippen molar-refractivity contribution < 1.29 is 23.7 Å². The molecule has 0 bridgehead atoms. The van der Waals surface area contributed by atoms with E-state index in [-0.39, 0.29) is 18.1 Å². The zero-order valence-electron chi connectivity index (χ0n) is 14.6. The maximum atomic E-state index is 11.7. The number of nitrogens with zero attached hydrogens (tertiary/aromatic N) is 1. The summed E-state index contributed by atoms with van der Waals surface area (Å²) in [6.07, 6.45) is 0.645. The van der Waals surface area contributed by atoms with Crippen molar-refractivity contribution in [3.63, 3.8) is 0 Å². The Kier molecular flexibility index (Phi) is 4.69. The third kappa shape index (κ3) is 3.78. The maximum Gasteiger partial charge on any atom is 0.217 e. The Morgan fingerprint density at radius 2 is 2.04 bits per heavy atom. The van der Waals surface area contributed by atoms with E-state index in [4.69, 9.17) is 18.9 Å². The molecule has 3 heterocycles. The van der Waals surface area contributed by atoms with Crippen molar-refractivity contribution in [3.05, 3.63) is 16.6 Å². The van der Waals surface area contributed by atoms with E-state index in [9.17, 15) is 4.79 Å². The van der Waals surface area contributed by atoms with E-state index in [1.165, 1.54) is 18.3 Å². The van der Waals surface area contributed by atoms with Gasteiger partial charge in [-0.1, -0.05) is 0 Å². The molecule has 134 valence electrons. The minimum Gasteiger partial charge on any atom is -0.348 e. The summed E-state index contributed by atoms with van der Waals surface area (Å²) >= 11 is 1.47. The Morgan fingerprint density at radius 1 is 1.29 bits per heavy atom. The molecule has 0 spiro atoms. The smallest absolute Gasteiger partial charge is 0.217 e. The van der Waals surface area contributed by atoms with Gasteiger partial charge in [0.1, 0.15) is 29.4 Å². The molecule has 1 aromatic rings. The van der Waals surface area contributed by atoms with Gasteiger partial charge in [-0.2, -0.15) is 0 Å². The van der Waals surface area contributed by atoms with Crippen molar-refractivity contribution in [2.24, 2.45) is 0 Å². The van der Waals surface area contributed by atoms with Crippen molar-refractivity contribution >= 4 is 17.2 Å². The molecule has 1 N–H and O–H groups in total. The van der Waals surface area contributed by atoms with Gasteiger partial charge in [-0.05, 0) is 27.7 Å². The lowest BCUT2D eigenvalue weighted by Crippen LogP contribution is -2.46. The second kappa shape index (κ2) is 6.34. The summed E-state index contributed by atoms with van der Waals surface area (Å²) in [6, 6.07) is -0.401. The molecule has 24 heavy (non-hydrogen) atoms. The zero-order chi connectivity index (χ0) is 17.5. The molecule has 4 atom stereocenters. The Bertz CT molecular complexity index is 589. The van der Waals surface area contributed by atoms with E-state index in [1.54, 1.807) is 6.20 Å². The van der Waals surface area contributed by atoms with Gasteiger partial charge in [0.15, 0.2) is 11.6 Å². The van der Waals surface area contributed by atoms with Gasteiger partial charge in [-0.3, -0.25) is 4.79 Å². The van der Waals surface area contributed by atoms with Crippen molar-refractivity contribution in [2.75, 3.05) is 6.61 Å². The van der Waals surface area contributed by atoms with E-state index in [1.807, 2.05) is 33.1 Å². The number of hydrogen-bond acceptors (Lipinski definition) is 7. The van der Waals surface area contributed by atoms with Crippen LogP contribution >= 0.6 is 11.3 Å². The molecule has 1 aromatic heterocycles. The molecule has 3 rings (SSSR count). The van der Waals surface area contributed by atoms with Crippen molar-refractivity contribution in [1.29, 1.82) is 0 Å². The van der Waals surface area contributed by atoms with Crippen LogP contribution in [0.3, 0.4) is 0 Å². The number of rotatable bonds is 4. The molecular weight excluding hydrogens is 332 g/mol. The highest BCUT2D eigenvalue weighted by Gasteiger charge is 2.53. The van der Waals surface area contributed by atoms with Crippen LogP contribution in [0, 0.1) is 0 Å².